The lowest BCUT2D eigenvalue weighted by molar-refractivity contribution is 0.0913. The van der Waals surface area contributed by atoms with Crippen LogP contribution in [-0.2, 0) is 0 Å². The number of halogens is 1. The van der Waals surface area contributed by atoms with Gasteiger partial charge in [0.05, 0.1) is 6.04 Å². The maximum atomic E-state index is 12.5. The van der Waals surface area contributed by atoms with E-state index < -0.39 is 0 Å². The number of carbonyl (C=O) groups excluding carboxylic acids is 1. The molecule has 1 aliphatic heterocycles. The number of amides is 1. The molecule has 0 aliphatic carbocycles. The molecule has 1 aromatic heterocycles. The molecule has 132 valence electrons. The van der Waals surface area contributed by atoms with Gasteiger partial charge in [0.1, 0.15) is 5.15 Å². The van der Waals surface area contributed by atoms with Crippen molar-refractivity contribution in [1.29, 1.82) is 0 Å². The largest absolute Gasteiger partial charge is 0.350 e. The van der Waals surface area contributed by atoms with Gasteiger partial charge >= 0.3 is 0 Å². The number of nitrogens with one attached hydrogen (secondary N) is 1. The van der Waals surface area contributed by atoms with E-state index in [0.29, 0.717) is 17.3 Å². The van der Waals surface area contributed by atoms with Gasteiger partial charge in [-0.2, -0.15) is 0 Å². The fourth-order valence-corrected chi connectivity index (χ4v) is 3.48. The Hall–Kier alpha value is -1.91. The first-order valence-electron chi connectivity index (χ1n) is 8.82. The molecular formula is C20H24ClN3O. The van der Waals surface area contributed by atoms with Crippen molar-refractivity contribution >= 4 is 17.5 Å². The molecule has 1 fully saturated rings. The van der Waals surface area contributed by atoms with Crippen LogP contribution in [0.5, 0.6) is 0 Å². The summed E-state index contributed by atoms with van der Waals surface area (Å²) >= 11 is 5.88. The van der Waals surface area contributed by atoms with Gasteiger partial charge < -0.3 is 5.32 Å². The summed E-state index contributed by atoms with van der Waals surface area (Å²) in [5.74, 6) is 0.664. The van der Waals surface area contributed by atoms with E-state index in [-0.39, 0.29) is 11.9 Å². The fourth-order valence-electron chi connectivity index (χ4n) is 3.31. The molecule has 0 spiro atoms. The van der Waals surface area contributed by atoms with E-state index in [0.717, 1.165) is 19.0 Å². The maximum Gasteiger partial charge on any atom is 0.251 e. The van der Waals surface area contributed by atoms with Crippen LogP contribution in [-0.4, -0.2) is 35.4 Å². The van der Waals surface area contributed by atoms with E-state index in [2.05, 4.69) is 46.4 Å². The standard InChI is InChI=1S/C20H24ClN3O/c1-15-8-11-24(12-9-15)18(16-5-3-2-4-6-16)14-23-20(25)17-7-10-22-19(21)13-17/h2-7,10,13,15,18H,8-9,11-12,14H2,1H3,(H,23,25). The highest BCUT2D eigenvalue weighted by atomic mass is 35.5. The van der Waals surface area contributed by atoms with Crippen LogP contribution in [0, 0.1) is 5.92 Å². The average molecular weight is 358 g/mol. The van der Waals surface area contributed by atoms with E-state index in [1.54, 1.807) is 18.3 Å². The van der Waals surface area contributed by atoms with Crippen molar-refractivity contribution in [2.24, 2.45) is 5.92 Å². The zero-order chi connectivity index (χ0) is 17.6. The van der Waals surface area contributed by atoms with E-state index in [4.69, 9.17) is 11.6 Å². The highest BCUT2D eigenvalue weighted by Gasteiger charge is 2.25. The highest BCUT2D eigenvalue weighted by Crippen LogP contribution is 2.26. The van der Waals surface area contributed by atoms with Crippen LogP contribution >= 0.6 is 11.6 Å². The van der Waals surface area contributed by atoms with Crippen molar-refractivity contribution in [2.45, 2.75) is 25.8 Å². The Morgan fingerprint density at radius 1 is 1.28 bits per heavy atom. The van der Waals surface area contributed by atoms with Gasteiger partial charge in [-0.1, -0.05) is 48.9 Å². The lowest BCUT2D eigenvalue weighted by Gasteiger charge is -2.37. The summed E-state index contributed by atoms with van der Waals surface area (Å²) in [6.07, 6.45) is 3.96. The van der Waals surface area contributed by atoms with Crippen molar-refractivity contribution in [1.82, 2.24) is 15.2 Å². The minimum atomic E-state index is -0.115. The zero-order valence-corrected chi connectivity index (χ0v) is 15.2. The molecule has 5 heteroatoms. The van der Waals surface area contributed by atoms with Crippen LogP contribution in [0.25, 0.3) is 0 Å². The molecule has 1 atom stereocenters. The van der Waals surface area contributed by atoms with Gasteiger partial charge in [0.15, 0.2) is 0 Å². The Bertz CT molecular complexity index is 699. The molecule has 1 unspecified atom stereocenters. The molecule has 2 aromatic rings. The summed E-state index contributed by atoms with van der Waals surface area (Å²) in [7, 11) is 0. The number of rotatable bonds is 5. The quantitative estimate of drug-likeness (QED) is 0.824. The topological polar surface area (TPSA) is 45.2 Å². The Balaban J connectivity index is 1.70. The molecule has 1 N–H and O–H groups in total. The Morgan fingerprint density at radius 3 is 2.68 bits per heavy atom. The SMILES string of the molecule is CC1CCN(C(CNC(=O)c2ccnc(Cl)c2)c2ccccc2)CC1. The van der Waals surface area contributed by atoms with Crippen molar-refractivity contribution in [3.63, 3.8) is 0 Å². The van der Waals surface area contributed by atoms with Crippen LogP contribution in [0.4, 0.5) is 0 Å². The minimum Gasteiger partial charge on any atom is -0.350 e. The fraction of sp³-hybridized carbons (Fsp3) is 0.400. The number of hydrogen-bond acceptors (Lipinski definition) is 3. The molecular weight excluding hydrogens is 334 g/mol. The number of aromatic nitrogens is 1. The van der Waals surface area contributed by atoms with Crippen LogP contribution < -0.4 is 5.32 Å². The number of pyridine rings is 1. The van der Waals surface area contributed by atoms with Gasteiger partial charge in [0.25, 0.3) is 5.91 Å². The first-order chi connectivity index (χ1) is 12.1. The van der Waals surface area contributed by atoms with Crippen LogP contribution in [0.1, 0.15) is 41.7 Å². The van der Waals surface area contributed by atoms with Crippen molar-refractivity contribution in [2.75, 3.05) is 19.6 Å². The van der Waals surface area contributed by atoms with E-state index in [1.165, 1.54) is 18.4 Å². The third-order valence-electron chi connectivity index (χ3n) is 4.89. The lowest BCUT2D eigenvalue weighted by atomic mass is 9.95. The highest BCUT2D eigenvalue weighted by molar-refractivity contribution is 6.29. The molecule has 1 aliphatic rings. The number of hydrogen-bond donors (Lipinski definition) is 1. The predicted octanol–water partition coefficient (Wildman–Crippen LogP) is 3.94. The maximum absolute atomic E-state index is 12.5. The normalized spacial score (nSPS) is 17.2. The molecule has 2 heterocycles. The first-order valence-corrected chi connectivity index (χ1v) is 9.20. The Labute approximate surface area is 154 Å². The molecule has 1 saturated heterocycles. The third-order valence-corrected chi connectivity index (χ3v) is 5.09. The summed E-state index contributed by atoms with van der Waals surface area (Å²) < 4.78 is 0. The Kier molecular flexibility index (Phi) is 6.05. The van der Waals surface area contributed by atoms with Crippen LogP contribution in [0.2, 0.25) is 5.15 Å². The smallest absolute Gasteiger partial charge is 0.251 e. The number of piperidine rings is 1. The monoisotopic (exact) mass is 357 g/mol. The molecule has 0 saturated carbocycles. The second kappa shape index (κ2) is 8.45. The van der Waals surface area contributed by atoms with Crippen molar-refractivity contribution in [3.05, 3.63) is 64.9 Å². The van der Waals surface area contributed by atoms with Gasteiger partial charge in [-0.25, -0.2) is 4.98 Å². The van der Waals surface area contributed by atoms with Gasteiger partial charge in [0, 0.05) is 18.3 Å². The second-order valence-corrected chi connectivity index (χ2v) is 7.11. The number of carbonyl (C=O) groups is 1. The van der Waals surface area contributed by atoms with Gasteiger partial charge in [-0.15, -0.1) is 0 Å². The summed E-state index contributed by atoms with van der Waals surface area (Å²) in [4.78, 5) is 18.9. The van der Waals surface area contributed by atoms with Crippen molar-refractivity contribution in [3.8, 4) is 0 Å². The van der Waals surface area contributed by atoms with Crippen LogP contribution in [0.15, 0.2) is 48.7 Å². The molecule has 0 radical (unpaired) electrons. The molecule has 0 bridgehead atoms. The third kappa shape index (κ3) is 4.80. The van der Waals surface area contributed by atoms with E-state index >= 15 is 0 Å². The predicted molar refractivity (Wildman–Crippen MR) is 101 cm³/mol. The second-order valence-electron chi connectivity index (χ2n) is 6.72. The average Bonchev–Trinajstić information content (AvgIpc) is 2.64. The summed E-state index contributed by atoms with van der Waals surface area (Å²) in [5, 5.41) is 3.40. The first kappa shape index (κ1) is 17.9. The van der Waals surface area contributed by atoms with E-state index in [9.17, 15) is 4.79 Å². The molecule has 3 rings (SSSR count). The van der Waals surface area contributed by atoms with Gasteiger partial charge in [-0.3, -0.25) is 9.69 Å². The van der Waals surface area contributed by atoms with E-state index in [1.807, 2.05) is 6.07 Å². The van der Waals surface area contributed by atoms with Crippen LogP contribution in [0.3, 0.4) is 0 Å². The summed E-state index contributed by atoms with van der Waals surface area (Å²) in [5.41, 5.74) is 1.78. The lowest BCUT2D eigenvalue weighted by Crippen LogP contribution is -2.42. The summed E-state index contributed by atoms with van der Waals surface area (Å²) in [6.45, 7) is 5.02. The minimum absolute atomic E-state index is 0.115. The molecule has 25 heavy (non-hydrogen) atoms. The Morgan fingerprint density at radius 2 is 2.00 bits per heavy atom. The molecule has 4 nitrogen and oxygen atoms in total. The summed E-state index contributed by atoms with van der Waals surface area (Å²) in [6, 6.07) is 13.9. The number of benzene rings is 1. The molecule has 1 aromatic carbocycles. The number of likely N-dealkylation sites (tertiary alicyclic amines) is 1. The zero-order valence-electron chi connectivity index (χ0n) is 14.5. The molecule has 1 amide bonds. The van der Waals surface area contributed by atoms with Gasteiger partial charge in [-0.05, 0) is 49.5 Å². The van der Waals surface area contributed by atoms with Crippen molar-refractivity contribution < 1.29 is 4.79 Å². The number of nitrogens with zero attached hydrogens (tertiary/aromatic N) is 2. The van der Waals surface area contributed by atoms with Gasteiger partial charge in [0.2, 0.25) is 0 Å².